The lowest BCUT2D eigenvalue weighted by molar-refractivity contribution is -0.143. The number of ether oxygens (including phenoxy) is 1. The molecule has 2 atom stereocenters. The molecule has 0 bridgehead atoms. The number of hydrogen-bond acceptors (Lipinski definition) is 5. The van der Waals surface area contributed by atoms with Crippen LogP contribution in [0.4, 0.5) is 4.39 Å². The highest BCUT2D eigenvalue weighted by Crippen LogP contribution is 2.20. The topological polar surface area (TPSA) is 85.2 Å². The van der Waals surface area contributed by atoms with Crippen LogP contribution < -0.4 is 10.6 Å². The SMILES string of the molecule is CCOC(=O)CC(NC(=O)c1ccn(C2CCCNC2)n1)c1ccc(F)cc1.Cl. The van der Waals surface area contributed by atoms with E-state index in [1.165, 1.54) is 12.1 Å². The Kier molecular flexibility index (Phi) is 8.60. The highest BCUT2D eigenvalue weighted by atomic mass is 35.5. The van der Waals surface area contributed by atoms with E-state index < -0.39 is 12.0 Å². The van der Waals surface area contributed by atoms with E-state index in [9.17, 15) is 14.0 Å². The van der Waals surface area contributed by atoms with Crippen molar-refractivity contribution in [2.75, 3.05) is 19.7 Å². The summed E-state index contributed by atoms with van der Waals surface area (Å²) in [5.41, 5.74) is 0.903. The summed E-state index contributed by atoms with van der Waals surface area (Å²) in [6.07, 6.45) is 3.83. The van der Waals surface area contributed by atoms with E-state index in [2.05, 4.69) is 15.7 Å². The summed E-state index contributed by atoms with van der Waals surface area (Å²) in [6, 6.07) is 6.94. The molecule has 1 aromatic heterocycles. The molecule has 7 nitrogen and oxygen atoms in total. The zero-order valence-corrected chi connectivity index (χ0v) is 17.1. The molecule has 9 heteroatoms. The van der Waals surface area contributed by atoms with Gasteiger partial charge in [0, 0.05) is 12.7 Å². The van der Waals surface area contributed by atoms with Gasteiger partial charge in [-0.3, -0.25) is 14.3 Å². The summed E-state index contributed by atoms with van der Waals surface area (Å²) >= 11 is 0. The number of esters is 1. The first kappa shape index (κ1) is 22.8. The number of carbonyl (C=O) groups excluding carboxylic acids is 2. The molecule has 29 heavy (non-hydrogen) atoms. The molecule has 1 amide bonds. The molecule has 3 rings (SSSR count). The van der Waals surface area contributed by atoms with Gasteiger partial charge < -0.3 is 15.4 Å². The number of amides is 1. The highest BCUT2D eigenvalue weighted by Gasteiger charge is 2.22. The van der Waals surface area contributed by atoms with Gasteiger partial charge in [-0.25, -0.2) is 4.39 Å². The maximum Gasteiger partial charge on any atom is 0.308 e. The maximum absolute atomic E-state index is 13.2. The largest absolute Gasteiger partial charge is 0.466 e. The Hall–Kier alpha value is -2.45. The first-order valence-electron chi connectivity index (χ1n) is 9.54. The third kappa shape index (κ3) is 6.27. The van der Waals surface area contributed by atoms with Crippen LogP contribution in [0.5, 0.6) is 0 Å². The van der Waals surface area contributed by atoms with Gasteiger partial charge in [-0.1, -0.05) is 12.1 Å². The number of benzene rings is 1. The summed E-state index contributed by atoms with van der Waals surface area (Å²) in [5.74, 6) is -1.21. The van der Waals surface area contributed by atoms with E-state index in [1.54, 1.807) is 36.0 Å². The van der Waals surface area contributed by atoms with Crippen LogP contribution in [-0.4, -0.2) is 41.4 Å². The fourth-order valence-corrected chi connectivity index (χ4v) is 3.29. The third-order valence-corrected chi connectivity index (χ3v) is 4.74. The van der Waals surface area contributed by atoms with Gasteiger partial charge in [0.25, 0.3) is 5.91 Å². The summed E-state index contributed by atoms with van der Waals surface area (Å²) in [6.45, 7) is 3.79. The Morgan fingerprint density at radius 2 is 2.10 bits per heavy atom. The molecule has 0 spiro atoms. The maximum atomic E-state index is 13.2. The van der Waals surface area contributed by atoms with Crippen molar-refractivity contribution < 1.29 is 18.7 Å². The van der Waals surface area contributed by atoms with Gasteiger partial charge in [0.05, 0.1) is 25.1 Å². The van der Waals surface area contributed by atoms with Gasteiger partial charge in [-0.2, -0.15) is 5.10 Å². The number of carbonyl (C=O) groups is 2. The van der Waals surface area contributed by atoms with Gasteiger partial charge >= 0.3 is 5.97 Å². The van der Waals surface area contributed by atoms with Gasteiger partial charge in [0.1, 0.15) is 11.5 Å². The van der Waals surface area contributed by atoms with Crippen molar-refractivity contribution in [2.45, 2.75) is 38.3 Å². The molecule has 0 saturated carbocycles. The molecule has 0 radical (unpaired) electrons. The van der Waals surface area contributed by atoms with E-state index in [1.807, 2.05) is 0 Å². The molecule has 1 aliphatic heterocycles. The number of rotatable bonds is 7. The van der Waals surface area contributed by atoms with Gasteiger partial charge in [0.2, 0.25) is 0 Å². The predicted octanol–water partition coefficient (Wildman–Crippen LogP) is 2.79. The second-order valence-electron chi connectivity index (χ2n) is 6.77. The van der Waals surface area contributed by atoms with Crippen molar-refractivity contribution in [1.82, 2.24) is 20.4 Å². The van der Waals surface area contributed by atoms with Gasteiger partial charge in [-0.15, -0.1) is 12.4 Å². The predicted molar refractivity (Wildman–Crippen MR) is 108 cm³/mol. The summed E-state index contributed by atoms with van der Waals surface area (Å²) in [5, 5.41) is 10.5. The summed E-state index contributed by atoms with van der Waals surface area (Å²) in [4.78, 5) is 24.7. The zero-order valence-electron chi connectivity index (χ0n) is 16.3. The Bertz CT molecular complexity index is 806. The molecule has 0 aliphatic carbocycles. The van der Waals surface area contributed by atoms with Crippen LogP contribution in [0.1, 0.15) is 54.3 Å². The van der Waals surface area contributed by atoms with Crippen molar-refractivity contribution in [3.05, 3.63) is 53.6 Å². The minimum absolute atomic E-state index is 0. The second kappa shape index (κ2) is 10.9. The van der Waals surface area contributed by atoms with E-state index >= 15 is 0 Å². The van der Waals surface area contributed by atoms with Crippen LogP contribution in [0.3, 0.4) is 0 Å². The average molecular weight is 425 g/mol. The normalized spacial score (nSPS) is 17.1. The summed E-state index contributed by atoms with van der Waals surface area (Å²) in [7, 11) is 0. The number of aromatic nitrogens is 2. The molecule has 2 aromatic rings. The third-order valence-electron chi connectivity index (χ3n) is 4.74. The van der Waals surface area contributed by atoms with E-state index in [-0.39, 0.29) is 48.9 Å². The quantitative estimate of drug-likeness (QED) is 0.667. The Morgan fingerprint density at radius 3 is 2.76 bits per heavy atom. The number of piperidine rings is 1. The molecular weight excluding hydrogens is 399 g/mol. The minimum Gasteiger partial charge on any atom is -0.466 e. The number of hydrogen-bond donors (Lipinski definition) is 2. The van der Waals surface area contributed by atoms with Crippen LogP contribution in [-0.2, 0) is 9.53 Å². The average Bonchev–Trinajstić information content (AvgIpc) is 3.19. The highest BCUT2D eigenvalue weighted by molar-refractivity contribution is 5.92. The van der Waals surface area contributed by atoms with Crippen molar-refractivity contribution in [2.24, 2.45) is 0 Å². The Labute approximate surface area is 175 Å². The van der Waals surface area contributed by atoms with E-state index in [4.69, 9.17) is 4.74 Å². The van der Waals surface area contributed by atoms with Crippen molar-refractivity contribution in [1.29, 1.82) is 0 Å². The van der Waals surface area contributed by atoms with Gasteiger partial charge in [0.15, 0.2) is 0 Å². The molecular formula is C20H26ClFN4O3. The smallest absolute Gasteiger partial charge is 0.308 e. The number of nitrogens with zero attached hydrogens (tertiary/aromatic N) is 2. The second-order valence-corrected chi connectivity index (χ2v) is 6.77. The Morgan fingerprint density at radius 1 is 1.34 bits per heavy atom. The lowest BCUT2D eigenvalue weighted by Gasteiger charge is -2.23. The number of nitrogens with one attached hydrogen (secondary N) is 2. The van der Waals surface area contributed by atoms with Crippen LogP contribution >= 0.6 is 12.4 Å². The monoisotopic (exact) mass is 424 g/mol. The fourth-order valence-electron chi connectivity index (χ4n) is 3.29. The van der Waals surface area contributed by atoms with E-state index in [0.29, 0.717) is 5.56 Å². The molecule has 2 heterocycles. The molecule has 158 valence electrons. The first-order chi connectivity index (χ1) is 13.6. The standard InChI is InChI=1S/C20H25FN4O3.ClH/c1-2-28-19(26)12-18(14-5-7-15(21)8-6-14)23-20(27)17-9-11-25(24-17)16-4-3-10-22-13-16;/h5-9,11,16,18,22H,2-4,10,12-13H2,1H3,(H,23,27);1H. The van der Waals surface area contributed by atoms with Crippen LogP contribution in [0, 0.1) is 5.82 Å². The van der Waals surface area contributed by atoms with Crippen LogP contribution in [0.15, 0.2) is 36.5 Å². The first-order valence-corrected chi connectivity index (χ1v) is 9.54. The van der Waals surface area contributed by atoms with Crippen molar-refractivity contribution >= 4 is 24.3 Å². The Balaban J connectivity index is 0.00000300. The fraction of sp³-hybridized carbons (Fsp3) is 0.450. The van der Waals surface area contributed by atoms with E-state index in [0.717, 1.165) is 25.9 Å². The van der Waals surface area contributed by atoms with Crippen LogP contribution in [0.25, 0.3) is 0 Å². The lowest BCUT2D eigenvalue weighted by Crippen LogP contribution is -2.33. The molecule has 1 saturated heterocycles. The summed E-state index contributed by atoms with van der Waals surface area (Å²) < 4.78 is 20.0. The van der Waals surface area contributed by atoms with Crippen LogP contribution in [0.2, 0.25) is 0 Å². The van der Waals surface area contributed by atoms with Crippen molar-refractivity contribution in [3.8, 4) is 0 Å². The van der Waals surface area contributed by atoms with Crippen molar-refractivity contribution in [3.63, 3.8) is 0 Å². The molecule has 2 unspecified atom stereocenters. The molecule has 1 fully saturated rings. The van der Waals surface area contributed by atoms with Gasteiger partial charge in [-0.05, 0) is 50.1 Å². The molecule has 1 aliphatic rings. The minimum atomic E-state index is -0.631. The zero-order chi connectivity index (χ0) is 19.9. The lowest BCUT2D eigenvalue weighted by atomic mass is 10.0. The molecule has 1 aromatic carbocycles. The molecule has 2 N–H and O–H groups in total. The number of halogens is 2.